The van der Waals surface area contributed by atoms with E-state index in [0.717, 1.165) is 29.6 Å². The molecule has 108 valence electrons. The van der Waals surface area contributed by atoms with Crippen molar-refractivity contribution in [2.24, 2.45) is 0 Å². The van der Waals surface area contributed by atoms with Crippen LogP contribution in [-0.4, -0.2) is 11.5 Å². The van der Waals surface area contributed by atoms with Gasteiger partial charge < -0.3 is 5.32 Å². The van der Waals surface area contributed by atoms with Crippen LogP contribution in [0.1, 0.15) is 47.5 Å². The molecule has 0 aliphatic carbocycles. The van der Waals surface area contributed by atoms with Gasteiger partial charge in [-0.3, -0.25) is 0 Å². The Bertz CT molecular complexity index is 565. The number of aromatic nitrogens is 1. The second-order valence-electron chi connectivity index (χ2n) is 5.04. The Morgan fingerprint density at radius 3 is 2.90 bits per heavy atom. The molecule has 1 N–H and O–H groups in total. The Labute approximate surface area is 133 Å². The van der Waals surface area contributed by atoms with E-state index in [-0.39, 0.29) is 0 Å². The van der Waals surface area contributed by atoms with Crippen LogP contribution in [0.3, 0.4) is 0 Å². The van der Waals surface area contributed by atoms with Gasteiger partial charge in [0.1, 0.15) is 0 Å². The molecule has 0 saturated heterocycles. The van der Waals surface area contributed by atoms with Gasteiger partial charge in [0.25, 0.3) is 0 Å². The third kappa shape index (κ3) is 4.14. The molecule has 1 aromatic heterocycles. The van der Waals surface area contributed by atoms with Gasteiger partial charge in [0, 0.05) is 21.8 Å². The summed E-state index contributed by atoms with van der Waals surface area (Å²) in [4.78, 5) is 6.09. The molecule has 0 saturated carbocycles. The van der Waals surface area contributed by atoms with Crippen molar-refractivity contribution in [2.45, 2.75) is 39.7 Å². The Kier molecular flexibility index (Phi) is 5.75. The molecule has 0 spiro atoms. The Balaban J connectivity index is 2.10. The summed E-state index contributed by atoms with van der Waals surface area (Å²) in [6, 6.07) is 8.84. The molecular formula is C16H21BrN2S. The van der Waals surface area contributed by atoms with Crippen molar-refractivity contribution in [1.29, 1.82) is 0 Å². The average molecular weight is 353 g/mol. The van der Waals surface area contributed by atoms with Gasteiger partial charge in [-0.05, 0) is 44.5 Å². The van der Waals surface area contributed by atoms with Crippen LogP contribution < -0.4 is 5.32 Å². The van der Waals surface area contributed by atoms with Gasteiger partial charge in [0.05, 0.1) is 10.7 Å². The summed E-state index contributed by atoms with van der Waals surface area (Å²) in [5.41, 5.74) is 2.46. The lowest BCUT2D eigenvalue weighted by atomic mass is 10.2. The van der Waals surface area contributed by atoms with E-state index in [9.17, 15) is 0 Å². The smallest absolute Gasteiger partial charge is 0.0975 e. The first-order valence-electron chi connectivity index (χ1n) is 7.04. The summed E-state index contributed by atoms with van der Waals surface area (Å²) in [5, 5.41) is 4.73. The molecule has 4 heteroatoms. The summed E-state index contributed by atoms with van der Waals surface area (Å²) >= 11 is 5.35. The summed E-state index contributed by atoms with van der Waals surface area (Å²) < 4.78 is 1.13. The lowest BCUT2D eigenvalue weighted by molar-refractivity contribution is 0.575. The topological polar surface area (TPSA) is 24.9 Å². The number of aryl methyl sites for hydroxylation is 1. The number of hydrogen-bond acceptors (Lipinski definition) is 3. The van der Waals surface area contributed by atoms with Crippen LogP contribution in [-0.2, 0) is 6.42 Å². The molecule has 0 aliphatic heterocycles. The molecule has 0 radical (unpaired) electrons. The fourth-order valence-corrected chi connectivity index (χ4v) is 3.79. The zero-order valence-corrected chi connectivity index (χ0v) is 14.6. The largest absolute Gasteiger partial charge is 0.309 e. The van der Waals surface area contributed by atoms with E-state index < -0.39 is 0 Å². The predicted octanol–water partition coefficient (Wildman–Crippen LogP) is 4.87. The van der Waals surface area contributed by atoms with E-state index >= 15 is 0 Å². The number of nitrogens with zero attached hydrogens (tertiary/aromatic N) is 1. The third-order valence-corrected chi connectivity index (χ3v) is 5.05. The van der Waals surface area contributed by atoms with Crippen LogP contribution in [0.4, 0.5) is 0 Å². The first kappa shape index (κ1) is 15.7. The second kappa shape index (κ2) is 7.34. The molecule has 1 heterocycles. The molecular weight excluding hydrogens is 332 g/mol. The van der Waals surface area contributed by atoms with E-state index in [2.05, 4.69) is 66.3 Å². The first-order valence-corrected chi connectivity index (χ1v) is 8.65. The van der Waals surface area contributed by atoms with Crippen LogP contribution in [0.5, 0.6) is 0 Å². The first-order chi connectivity index (χ1) is 9.60. The van der Waals surface area contributed by atoms with Gasteiger partial charge in [-0.1, -0.05) is 35.0 Å². The van der Waals surface area contributed by atoms with E-state index in [1.54, 1.807) is 0 Å². The predicted molar refractivity (Wildman–Crippen MR) is 90.5 cm³/mol. The molecule has 1 unspecified atom stereocenters. The standard InChI is InChI=1S/C16H21BrN2S/c1-4-8-18-11(2)16-12(3)19-15(20-16)10-13-6-5-7-14(17)9-13/h5-7,9,11,18H,4,8,10H2,1-3H3. The van der Waals surface area contributed by atoms with Gasteiger partial charge in [0.2, 0.25) is 0 Å². The molecule has 2 nitrogen and oxygen atoms in total. The minimum absolute atomic E-state index is 0.392. The van der Waals surface area contributed by atoms with Crippen molar-refractivity contribution in [3.63, 3.8) is 0 Å². The minimum Gasteiger partial charge on any atom is -0.309 e. The highest BCUT2D eigenvalue weighted by Gasteiger charge is 2.13. The van der Waals surface area contributed by atoms with Gasteiger partial charge in [-0.15, -0.1) is 11.3 Å². The summed E-state index contributed by atoms with van der Waals surface area (Å²) in [5.74, 6) is 0. The molecule has 0 fully saturated rings. The molecule has 2 aromatic rings. The molecule has 0 bridgehead atoms. The van der Waals surface area contributed by atoms with Gasteiger partial charge in [-0.2, -0.15) is 0 Å². The van der Waals surface area contributed by atoms with Crippen molar-refractivity contribution in [2.75, 3.05) is 6.54 Å². The van der Waals surface area contributed by atoms with Crippen LogP contribution in [0.15, 0.2) is 28.7 Å². The molecule has 0 aliphatic rings. The highest BCUT2D eigenvalue weighted by Crippen LogP contribution is 2.27. The van der Waals surface area contributed by atoms with Crippen molar-refractivity contribution in [3.8, 4) is 0 Å². The fourth-order valence-electron chi connectivity index (χ4n) is 2.22. The Morgan fingerprint density at radius 1 is 1.40 bits per heavy atom. The van der Waals surface area contributed by atoms with Crippen molar-refractivity contribution < 1.29 is 0 Å². The zero-order chi connectivity index (χ0) is 14.5. The number of benzene rings is 1. The second-order valence-corrected chi connectivity index (χ2v) is 7.07. The maximum Gasteiger partial charge on any atom is 0.0975 e. The Morgan fingerprint density at radius 2 is 2.20 bits per heavy atom. The normalized spacial score (nSPS) is 12.6. The van der Waals surface area contributed by atoms with Crippen LogP contribution >= 0.6 is 27.3 Å². The lowest BCUT2D eigenvalue weighted by Crippen LogP contribution is -2.18. The average Bonchev–Trinajstić information content (AvgIpc) is 2.77. The number of thiazole rings is 1. The number of nitrogens with one attached hydrogen (secondary N) is 1. The van der Waals surface area contributed by atoms with E-state index in [0.29, 0.717) is 6.04 Å². The summed E-state index contributed by atoms with van der Waals surface area (Å²) in [6.45, 7) is 7.58. The van der Waals surface area contributed by atoms with Crippen LogP contribution in [0.2, 0.25) is 0 Å². The fraction of sp³-hybridized carbons (Fsp3) is 0.438. The monoisotopic (exact) mass is 352 g/mol. The van der Waals surface area contributed by atoms with Crippen LogP contribution in [0.25, 0.3) is 0 Å². The quantitative estimate of drug-likeness (QED) is 0.802. The maximum absolute atomic E-state index is 4.73. The third-order valence-electron chi connectivity index (χ3n) is 3.21. The van der Waals surface area contributed by atoms with Crippen molar-refractivity contribution >= 4 is 27.3 Å². The van der Waals surface area contributed by atoms with E-state index in [1.165, 1.54) is 15.4 Å². The van der Waals surface area contributed by atoms with E-state index in [4.69, 9.17) is 4.98 Å². The number of hydrogen-bond donors (Lipinski definition) is 1. The molecule has 0 amide bonds. The highest BCUT2D eigenvalue weighted by molar-refractivity contribution is 9.10. The van der Waals surface area contributed by atoms with Gasteiger partial charge in [0.15, 0.2) is 0 Å². The Hall–Kier alpha value is -0.710. The molecule has 20 heavy (non-hydrogen) atoms. The molecule has 2 rings (SSSR count). The summed E-state index contributed by atoms with van der Waals surface area (Å²) in [7, 11) is 0. The zero-order valence-electron chi connectivity index (χ0n) is 12.2. The minimum atomic E-state index is 0.392. The van der Waals surface area contributed by atoms with Crippen LogP contribution in [0, 0.1) is 6.92 Å². The maximum atomic E-state index is 4.73. The number of rotatable bonds is 6. The lowest BCUT2D eigenvalue weighted by Gasteiger charge is -2.11. The van der Waals surface area contributed by atoms with E-state index in [1.807, 2.05) is 11.3 Å². The van der Waals surface area contributed by atoms with Gasteiger partial charge >= 0.3 is 0 Å². The van der Waals surface area contributed by atoms with Gasteiger partial charge in [-0.25, -0.2) is 4.98 Å². The molecule has 1 atom stereocenters. The molecule has 1 aromatic carbocycles. The summed E-state index contributed by atoms with van der Waals surface area (Å²) in [6.07, 6.45) is 2.07. The number of halogens is 1. The highest BCUT2D eigenvalue weighted by atomic mass is 79.9. The van der Waals surface area contributed by atoms with Crippen molar-refractivity contribution in [1.82, 2.24) is 10.3 Å². The SMILES string of the molecule is CCCNC(C)c1sc(Cc2cccc(Br)c2)nc1C. The van der Waals surface area contributed by atoms with Crippen molar-refractivity contribution in [3.05, 3.63) is 49.9 Å².